The van der Waals surface area contributed by atoms with Gasteiger partial charge in [0.2, 0.25) is 0 Å². The van der Waals surface area contributed by atoms with Crippen molar-refractivity contribution in [1.82, 2.24) is 4.90 Å². The van der Waals surface area contributed by atoms with Gasteiger partial charge in [0, 0.05) is 12.1 Å². The summed E-state index contributed by atoms with van der Waals surface area (Å²) in [6, 6.07) is 6.20. The van der Waals surface area contributed by atoms with Crippen LogP contribution in [-0.4, -0.2) is 52.8 Å². The topological polar surface area (TPSA) is 87.1 Å². The summed E-state index contributed by atoms with van der Waals surface area (Å²) < 4.78 is 5.25. The number of morpholine rings is 1. The highest BCUT2D eigenvalue weighted by molar-refractivity contribution is 5.94. The lowest BCUT2D eigenvalue weighted by Gasteiger charge is -2.34. The Kier molecular flexibility index (Phi) is 4.70. The zero-order chi connectivity index (χ0) is 14.5. The van der Waals surface area contributed by atoms with E-state index in [2.05, 4.69) is 0 Å². The molecule has 0 radical (unpaired) electrons. The number of amides is 1. The molecule has 6 heteroatoms. The minimum absolute atomic E-state index is 0.0757. The first-order chi connectivity index (χ1) is 9.61. The van der Waals surface area contributed by atoms with Gasteiger partial charge in [-0.25, -0.2) is 0 Å². The maximum absolute atomic E-state index is 12.4. The van der Waals surface area contributed by atoms with E-state index in [-0.39, 0.29) is 25.5 Å². The molecule has 0 aromatic heterocycles. The molecule has 1 atom stereocenters. The van der Waals surface area contributed by atoms with Gasteiger partial charge in [0.25, 0.3) is 5.91 Å². The number of carboxylic acids is 1. The first kappa shape index (κ1) is 14.5. The zero-order valence-electron chi connectivity index (χ0n) is 11.0. The molecular weight excluding hydrogens is 262 g/mol. The molecule has 1 aliphatic rings. The summed E-state index contributed by atoms with van der Waals surface area (Å²) in [6.45, 7) is 0.968. The Morgan fingerprint density at radius 1 is 1.30 bits per heavy atom. The highest BCUT2D eigenvalue weighted by Crippen LogP contribution is 2.16. The summed E-state index contributed by atoms with van der Waals surface area (Å²) in [5, 5.41) is 17.9. The SMILES string of the molecule is O=C(O)CC1COCCN1C(=O)c1ccc(CO)cc1. The van der Waals surface area contributed by atoms with E-state index in [0.717, 1.165) is 5.56 Å². The van der Waals surface area contributed by atoms with E-state index >= 15 is 0 Å². The molecule has 1 aromatic carbocycles. The van der Waals surface area contributed by atoms with Crippen LogP contribution in [0.5, 0.6) is 0 Å². The van der Waals surface area contributed by atoms with Crippen LogP contribution in [0.3, 0.4) is 0 Å². The summed E-state index contributed by atoms with van der Waals surface area (Å²) in [5.41, 5.74) is 1.21. The minimum Gasteiger partial charge on any atom is -0.481 e. The number of aliphatic hydroxyl groups is 1. The molecule has 108 valence electrons. The second-order valence-corrected chi connectivity index (χ2v) is 4.68. The number of carbonyl (C=O) groups excluding carboxylic acids is 1. The first-order valence-electron chi connectivity index (χ1n) is 6.42. The van der Waals surface area contributed by atoms with Crippen molar-refractivity contribution in [3.63, 3.8) is 0 Å². The van der Waals surface area contributed by atoms with Gasteiger partial charge in [0.15, 0.2) is 0 Å². The lowest BCUT2D eigenvalue weighted by molar-refractivity contribution is -0.139. The van der Waals surface area contributed by atoms with E-state index in [1.807, 2.05) is 0 Å². The lowest BCUT2D eigenvalue weighted by atomic mass is 10.1. The van der Waals surface area contributed by atoms with Crippen LogP contribution >= 0.6 is 0 Å². The molecule has 20 heavy (non-hydrogen) atoms. The van der Waals surface area contributed by atoms with Crippen molar-refractivity contribution in [2.75, 3.05) is 19.8 Å². The summed E-state index contributed by atoms with van der Waals surface area (Å²) in [7, 11) is 0. The Hall–Kier alpha value is -1.92. The van der Waals surface area contributed by atoms with Crippen molar-refractivity contribution in [1.29, 1.82) is 0 Å². The third-order valence-electron chi connectivity index (χ3n) is 3.28. The van der Waals surface area contributed by atoms with E-state index in [1.165, 1.54) is 0 Å². The molecular formula is C14H17NO5. The van der Waals surface area contributed by atoms with Crippen LogP contribution in [0, 0.1) is 0 Å². The zero-order valence-corrected chi connectivity index (χ0v) is 11.0. The quantitative estimate of drug-likeness (QED) is 0.838. The molecule has 1 aromatic rings. The Labute approximate surface area is 116 Å². The fourth-order valence-corrected chi connectivity index (χ4v) is 2.21. The molecule has 1 unspecified atom stereocenters. The Balaban J connectivity index is 2.13. The lowest BCUT2D eigenvalue weighted by Crippen LogP contribution is -2.49. The number of carboxylic acid groups (broad SMARTS) is 1. The first-order valence-corrected chi connectivity index (χ1v) is 6.42. The maximum Gasteiger partial charge on any atom is 0.305 e. The van der Waals surface area contributed by atoms with Gasteiger partial charge < -0.3 is 19.8 Å². The van der Waals surface area contributed by atoms with Gasteiger partial charge in [-0.15, -0.1) is 0 Å². The number of hydrogen-bond donors (Lipinski definition) is 2. The van der Waals surface area contributed by atoms with Gasteiger partial charge in [-0.1, -0.05) is 12.1 Å². The average molecular weight is 279 g/mol. The Morgan fingerprint density at radius 2 is 2.00 bits per heavy atom. The molecule has 6 nitrogen and oxygen atoms in total. The van der Waals surface area contributed by atoms with E-state index in [9.17, 15) is 9.59 Å². The van der Waals surface area contributed by atoms with Crippen molar-refractivity contribution in [2.45, 2.75) is 19.1 Å². The maximum atomic E-state index is 12.4. The molecule has 1 fully saturated rings. The van der Waals surface area contributed by atoms with Gasteiger partial charge in [-0.2, -0.15) is 0 Å². The number of benzene rings is 1. The molecule has 0 bridgehead atoms. The molecule has 2 N–H and O–H groups in total. The predicted molar refractivity (Wildman–Crippen MR) is 70.3 cm³/mol. The van der Waals surface area contributed by atoms with Crippen LogP contribution in [0.25, 0.3) is 0 Å². The standard InChI is InChI=1S/C14H17NO5/c16-8-10-1-3-11(4-2-10)14(19)15-5-6-20-9-12(15)7-13(17)18/h1-4,12,16H,5-9H2,(H,17,18). The molecule has 1 heterocycles. The van der Waals surface area contributed by atoms with Crippen molar-refractivity contribution in [3.8, 4) is 0 Å². The van der Waals surface area contributed by atoms with Crippen LogP contribution in [0.2, 0.25) is 0 Å². The largest absolute Gasteiger partial charge is 0.481 e. The van der Waals surface area contributed by atoms with Crippen LogP contribution < -0.4 is 0 Å². The smallest absolute Gasteiger partial charge is 0.305 e. The molecule has 0 aliphatic carbocycles. The number of nitrogens with zero attached hydrogens (tertiary/aromatic N) is 1. The summed E-state index contributed by atoms with van der Waals surface area (Å²) in [5.74, 6) is -1.15. The Bertz CT molecular complexity index is 485. The van der Waals surface area contributed by atoms with Crippen LogP contribution in [0.4, 0.5) is 0 Å². The molecule has 1 saturated heterocycles. The fourth-order valence-electron chi connectivity index (χ4n) is 2.21. The van der Waals surface area contributed by atoms with Crippen LogP contribution in [0.15, 0.2) is 24.3 Å². The normalized spacial score (nSPS) is 18.9. The van der Waals surface area contributed by atoms with Crippen LogP contribution in [-0.2, 0) is 16.1 Å². The molecule has 2 rings (SSSR count). The van der Waals surface area contributed by atoms with Crippen molar-refractivity contribution in [2.24, 2.45) is 0 Å². The second kappa shape index (κ2) is 6.49. The van der Waals surface area contributed by atoms with E-state index < -0.39 is 12.0 Å². The van der Waals surface area contributed by atoms with E-state index in [1.54, 1.807) is 29.2 Å². The van der Waals surface area contributed by atoms with Crippen molar-refractivity contribution in [3.05, 3.63) is 35.4 Å². The summed E-state index contributed by atoms with van der Waals surface area (Å²) in [4.78, 5) is 24.8. The number of carbonyl (C=O) groups is 2. The Morgan fingerprint density at radius 3 is 2.60 bits per heavy atom. The number of ether oxygens (including phenoxy) is 1. The third kappa shape index (κ3) is 3.34. The predicted octanol–water partition coefficient (Wildman–Crippen LogP) is 0.495. The minimum atomic E-state index is -0.950. The average Bonchev–Trinajstić information content (AvgIpc) is 2.46. The van der Waals surface area contributed by atoms with E-state index in [0.29, 0.717) is 18.7 Å². The number of rotatable bonds is 4. The van der Waals surface area contributed by atoms with Gasteiger partial charge in [-0.3, -0.25) is 9.59 Å². The molecule has 1 amide bonds. The molecule has 0 saturated carbocycles. The highest BCUT2D eigenvalue weighted by atomic mass is 16.5. The third-order valence-corrected chi connectivity index (χ3v) is 3.28. The summed E-state index contributed by atoms with van der Waals surface area (Å²) >= 11 is 0. The fraction of sp³-hybridized carbons (Fsp3) is 0.429. The number of aliphatic carboxylic acids is 1. The van der Waals surface area contributed by atoms with Crippen molar-refractivity contribution < 1.29 is 24.5 Å². The van der Waals surface area contributed by atoms with Crippen LogP contribution in [0.1, 0.15) is 22.3 Å². The van der Waals surface area contributed by atoms with Gasteiger partial charge in [0.05, 0.1) is 32.3 Å². The molecule has 1 aliphatic heterocycles. The number of hydrogen-bond acceptors (Lipinski definition) is 4. The summed E-state index contributed by atoms with van der Waals surface area (Å²) in [6.07, 6.45) is -0.125. The number of aliphatic hydroxyl groups excluding tert-OH is 1. The van der Waals surface area contributed by atoms with Gasteiger partial charge in [0.1, 0.15) is 0 Å². The van der Waals surface area contributed by atoms with E-state index in [4.69, 9.17) is 14.9 Å². The molecule has 0 spiro atoms. The van der Waals surface area contributed by atoms with Gasteiger partial charge >= 0.3 is 5.97 Å². The monoisotopic (exact) mass is 279 g/mol. The highest BCUT2D eigenvalue weighted by Gasteiger charge is 2.29. The second-order valence-electron chi connectivity index (χ2n) is 4.68. The van der Waals surface area contributed by atoms with Crippen molar-refractivity contribution >= 4 is 11.9 Å². The van der Waals surface area contributed by atoms with Gasteiger partial charge in [-0.05, 0) is 17.7 Å².